The summed E-state index contributed by atoms with van der Waals surface area (Å²) in [5, 5.41) is 3.04. The Morgan fingerprint density at radius 2 is 2.17 bits per heavy atom. The predicted molar refractivity (Wildman–Crippen MR) is 96.1 cm³/mol. The Balaban J connectivity index is 0.00000132. The second kappa shape index (κ2) is 8.36. The van der Waals surface area contributed by atoms with Crippen molar-refractivity contribution in [3.63, 3.8) is 0 Å². The largest absolute Gasteiger partial charge is 0.350 e. The SMILES string of the molecule is CC1(N)CCCCC1C(=O)NCc1cn2c(n1)CCCC2.Cl.Cl. The van der Waals surface area contributed by atoms with Crippen molar-refractivity contribution in [1.82, 2.24) is 14.9 Å². The molecule has 0 aromatic carbocycles. The zero-order chi connectivity index (χ0) is 14.9. The smallest absolute Gasteiger partial charge is 0.225 e. The lowest BCUT2D eigenvalue weighted by atomic mass is 9.74. The van der Waals surface area contributed by atoms with E-state index in [-0.39, 0.29) is 42.2 Å². The van der Waals surface area contributed by atoms with E-state index in [1.54, 1.807) is 0 Å². The third kappa shape index (κ3) is 4.61. The normalized spacial score (nSPS) is 26.4. The van der Waals surface area contributed by atoms with Crippen LogP contribution in [0.15, 0.2) is 6.20 Å². The van der Waals surface area contributed by atoms with Gasteiger partial charge in [-0.2, -0.15) is 0 Å². The van der Waals surface area contributed by atoms with E-state index in [1.807, 2.05) is 6.92 Å². The molecule has 3 rings (SSSR count). The molecule has 1 saturated carbocycles. The molecule has 5 nitrogen and oxygen atoms in total. The van der Waals surface area contributed by atoms with Crippen LogP contribution in [0, 0.1) is 5.92 Å². The van der Waals surface area contributed by atoms with Gasteiger partial charge in [-0.05, 0) is 32.6 Å². The Hall–Kier alpha value is -0.780. The molecule has 2 unspecified atom stereocenters. The van der Waals surface area contributed by atoms with Crippen molar-refractivity contribution in [1.29, 1.82) is 0 Å². The topological polar surface area (TPSA) is 72.9 Å². The fourth-order valence-electron chi connectivity index (χ4n) is 3.65. The predicted octanol–water partition coefficient (Wildman–Crippen LogP) is 2.59. The Kier molecular flexibility index (Phi) is 7.36. The van der Waals surface area contributed by atoms with E-state index in [0.717, 1.165) is 50.2 Å². The van der Waals surface area contributed by atoms with Crippen LogP contribution in [0.1, 0.15) is 57.0 Å². The van der Waals surface area contributed by atoms with Gasteiger partial charge in [0.05, 0.1) is 18.2 Å². The minimum Gasteiger partial charge on any atom is -0.350 e. The Labute approximate surface area is 150 Å². The van der Waals surface area contributed by atoms with Crippen LogP contribution in [0.25, 0.3) is 0 Å². The van der Waals surface area contributed by atoms with Gasteiger partial charge in [0.2, 0.25) is 5.91 Å². The van der Waals surface area contributed by atoms with Gasteiger partial charge in [0.15, 0.2) is 0 Å². The van der Waals surface area contributed by atoms with Gasteiger partial charge in [-0.25, -0.2) is 4.98 Å². The van der Waals surface area contributed by atoms with Gasteiger partial charge in [0.25, 0.3) is 0 Å². The highest BCUT2D eigenvalue weighted by Crippen LogP contribution is 2.31. The number of carbonyl (C=O) groups is 1. The lowest BCUT2D eigenvalue weighted by molar-refractivity contribution is -0.128. The van der Waals surface area contributed by atoms with E-state index in [9.17, 15) is 4.79 Å². The third-order valence-electron chi connectivity index (χ3n) is 4.97. The van der Waals surface area contributed by atoms with Crippen LogP contribution >= 0.6 is 24.8 Å². The Morgan fingerprint density at radius 3 is 2.87 bits per heavy atom. The van der Waals surface area contributed by atoms with Gasteiger partial charge in [0.1, 0.15) is 5.82 Å². The minimum atomic E-state index is -0.365. The molecule has 2 aliphatic rings. The number of hydrogen-bond donors (Lipinski definition) is 2. The van der Waals surface area contributed by atoms with Crippen LogP contribution in [0.2, 0.25) is 0 Å². The average Bonchev–Trinajstić information content (AvgIpc) is 2.87. The van der Waals surface area contributed by atoms with Crippen molar-refractivity contribution in [2.75, 3.05) is 0 Å². The van der Waals surface area contributed by atoms with Gasteiger partial charge in [0, 0.05) is 24.7 Å². The maximum atomic E-state index is 12.4. The summed E-state index contributed by atoms with van der Waals surface area (Å²) < 4.78 is 2.22. The number of carbonyl (C=O) groups excluding carboxylic acids is 1. The highest BCUT2D eigenvalue weighted by Gasteiger charge is 2.37. The van der Waals surface area contributed by atoms with Crippen molar-refractivity contribution in [2.24, 2.45) is 11.7 Å². The van der Waals surface area contributed by atoms with E-state index in [2.05, 4.69) is 21.1 Å². The van der Waals surface area contributed by atoms with Gasteiger partial charge >= 0.3 is 0 Å². The first-order valence-corrected chi connectivity index (χ1v) is 8.18. The molecule has 23 heavy (non-hydrogen) atoms. The molecular weight excluding hydrogens is 335 g/mol. The van der Waals surface area contributed by atoms with Gasteiger partial charge < -0.3 is 15.6 Å². The molecule has 3 N–H and O–H groups in total. The summed E-state index contributed by atoms with van der Waals surface area (Å²) in [5.74, 6) is 1.18. The molecule has 1 aliphatic heterocycles. The lowest BCUT2D eigenvalue weighted by Crippen LogP contribution is -2.52. The van der Waals surface area contributed by atoms with Gasteiger partial charge in [-0.15, -0.1) is 24.8 Å². The van der Waals surface area contributed by atoms with Crippen LogP contribution in [0.4, 0.5) is 0 Å². The number of fused-ring (bicyclic) bond motifs is 1. The minimum absolute atomic E-state index is 0. The number of aryl methyl sites for hydroxylation is 2. The summed E-state index contributed by atoms with van der Waals surface area (Å²) in [6, 6.07) is 0. The average molecular weight is 363 g/mol. The summed E-state index contributed by atoms with van der Waals surface area (Å²) in [7, 11) is 0. The highest BCUT2D eigenvalue weighted by atomic mass is 35.5. The maximum Gasteiger partial charge on any atom is 0.225 e. The summed E-state index contributed by atoms with van der Waals surface area (Å²) in [4.78, 5) is 17.0. The zero-order valence-corrected chi connectivity index (χ0v) is 15.3. The summed E-state index contributed by atoms with van der Waals surface area (Å²) >= 11 is 0. The number of rotatable bonds is 3. The zero-order valence-electron chi connectivity index (χ0n) is 13.7. The second-order valence-electron chi connectivity index (χ2n) is 6.82. The van der Waals surface area contributed by atoms with Gasteiger partial charge in [-0.1, -0.05) is 12.8 Å². The lowest BCUT2D eigenvalue weighted by Gasteiger charge is -2.37. The number of amides is 1. The standard InChI is InChI=1S/C16H26N4O.2ClH/c1-16(17)8-4-2-6-13(16)15(21)18-10-12-11-20-9-5-3-7-14(20)19-12;;/h11,13H,2-10,17H2,1H3,(H,18,21);2*1H. The Morgan fingerprint density at radius 1 is 1.39 bits per heavy atom. The molecule has 1 amide bonds. The number of nitrogens with zero attached hydrogens (tertiary/aromatic N) is 2. The molecule has 1 aromatic rings. The van der Waals surface area contributed by atoms with Crippen LogP contribution in [-0.4, -0.2) is 21.0 Å². The second-order valence-corrected chi connectivity index (χ2v) is 6.82. The molecule has 132 valence electrons. The highest BCUT2D eigenvalue weighted by molar-refractivity contribution is 5.85. The van der Waals surface area contributed by atoms with Crippen LogP contribution < -0.4 is 11.1 Å². The molecule has 2 heterocycles. The number of nitrogens with two attached hydrogens (primary N) is 1. The summed E-state index contributed by atoms with van der Waals surface area (Å²) in [5.41, 5.74) is 6.89. The monoisotopic (exact) mass is 362 g/mol. The fourth-order valence-corrected chi connectivity index (χ4v) is 3.65. The summed E-state index contributed by atoms with van der Waals surface area (Å²) in [6.45, 7) is 3.58. The molecule has 1 aliphatic carbocycles. The maximum absolute atomic E-state index is 12.4. The first kappa shape index (κ1) is 20.3. The third-order valence-corrected chi connectivity index (χ3v) is 4.97. The number of nitrogens with one attached hydrogen (secondary N) is 1. The van der Waals surface area contributed by atoms with Crippen molar-refractivity contribution in [2.45, 2.75) is 70.5 Å². The molecule has 2 atom stereocenters. The van der Waals surface area contributed by atoms with Gasteiger partial charge in [-0.3, -0.25) is 4.79 Å². The first-order chi connectivity index (χ1) is 10.1. The fraction of sp³-hybridized carbons (Fsp3) is 0.750. The van der Waals surface area contributed by atoms with Crippen LogP contribution in [0.5, 0.6) is 0 Å². The van der Waals surface area contributed by atoms with Crippen molar-refractivity contribution in [3.05, 3.63) is 17.7 Å². The van der Waals surface area contributed by atoms with E-state index < -0.39 is 0 Å². The summed E-state index contributed by atoms with van der Waals surface area (Å²) in [6.07, 6.45) is 9.64. The number of aromatic nitrogens is 2. The number of imidazole rings is 1. The molecule has 0 bridgehead atoms. The number of halogens is 2. The van der Waals surface area contributed by atoms with Crippen LogP contribution in [-0.2, 0) is 24.3 Å². The molecule has 1 aromatic heterocycles. The van der Waals surface area contributed by atoms with Crippen molar-refractivity contribution >= 4 is 30.7 Å². The van der Waals surface area contributed by atoms with Crippen molar-refractivity contribution in [3.8, 4) is 0 Å². The molecular formula is C16H28Cl2N4O. The van der Waals surface area contributed by atoms with Crippen LogP contribution in [0.3, 0.4) is 0 Å². The van der Waals surface area contributed by atoms with Crippen molar-refractivity contribution < 1.29 is 4.79 Å². The quantitative estimate of drug-likeness (QED) is 0.867. The molecule has 0 radical (unpaired) electrons. The van der Waals surface area contributed by atoms with E-state index in [1.165, 1.54) is 12.8 Å². The number of hydrogen-bond acceptors (Lipinski definition) is 3. The molecule has 1 fully saturated rings. The molecule has 7 heteroatoms. The Bertz CT molecular complexity index is 507. The molecule has 0 saturated heterocycles. The molecule has 0 spiro atoms. The van der Waals surface area contributed by atoms with E-state index >= 15 is 0 Å². The first-order valence-electron chi connectivity index (χ1n) is 8.18. The van der Waals surface area contributed by atoms with E-state index in [4.69, 9.17) is 5.73 Å². The van der Waals surface area contributed by atoms with E-state index in [0.29, 0.717) is 6.54 Å².